The van der Waals surface area contributed by atoms with Crippen LogP contribution < -0.4 is 16.4 Å². The molecule has 0 N–H and O–H groups in total. The first-order valence-corrected chi connectivity index (χ1v) is 25.1. The summed E-state index contributed by atoms with van der Waals surface area (Å²) in [6, 6.07) is 94.6. The van der Waals surface area contributed by atoms with Gasteiger partial charge in [-0.3, -0.25) is 9.13 Å². The number of benzene rings is 11. The summed E-state index contributed by atoms with van der Waals surface area (Å²) in [5.41, 5.74) is 26.1. The number of hydrogen-bond donors (Lipinski definition) is 0. The molecule has 15 rings (SSSR count). The van der Waals surface area contributed by atoms with E-state index in [1.54, 1.807) is 0 Å². The second kappa shape index (κ2) is 16.5. The molecule has 0 bridgehead atoms. The summed E-state index contributed by atoms with van der Waals surface area (Å²) in [5.74, 6) is 1.83. The molecule has 2 aliphatic heterocycles. The summed E-state index contributed by atoms with van der Waals surface area (Å²) in [6.07, 6.45) is 0. The minimum absolute atomic E-state index is 0.0574. The topological polar surface area (TPSA) is 35.6 Å². The maximum atomic E-state index is 5.77. The van der Waals surface area contributed by atoms with Crippen LogP contribution in [-0.4, -0.2) is 25.8 Å². The van der Waals surface area contributed by atoms with E-state index in [0.717, 1.165) is 112 Å². The summed E-state index contributed by atoms with van der Waals surface area (Å²) in [7, 11) is 0. The molecule has 4 nitrogen and oxygen atoms in total. The molecule has 4 heterocycles. The smallest absolute Gasteiger partial charge is 0.252 e. The predicted molar refractivity (Wildman–Crippen MR) is 304 cm³/mol. The maximum absolute atomic E-state index is 5.77. The third kappa shape index (κ3) is 6.42. The van der Waals surface area contributed by atoms with Gasteiger partial charge in [-0.2, -0.15) is 0 Å². The molecule has 338 valence electrons. The van der Waals surface area contributed by atoms with Gasteiger partial charge in [0.15, 0.2) is 0 Å². The Morgan fingerprint density at radius 3 is 0.904 bits per heavy atom. The van der Waals surface area contributed by atoms with Gasteiger partial charge in [0, 0.05) is 22.5 Å². The molecule has 13 aromatic rings. The van der Waals surface area contributed by atoms with Crippen molar-refractivity contribution in [3.05, 3.63) is 261 Å². The van der Waals surface area contributed by atoms with Gasteiger partial charge in [0.05, 0.1) is 22.1 Å². The first-order valence-electron chi connectivity index (χ1n) is 25.1. The van der Waals surface area contributed by atoms with Crippen molar-refractivity contribution in [2.45, 2.75) is 0 Å². The Balaban J connectivity index is 1.04. The van der Waals surface area contributed by atoms with E-state index >= 15 is 0 Å². The van der Waals surface area contributed by atoms with Crippen LogP contribution in [0.25, 0.3) is 123 Å². The van der Waals surface area contributed by atoms with E-state index < -0.39 is 0 Å². The number of nitrogens with zero attached hydrogens (tertiary/aromatic N) is 4. The van der Waals surface area contributed by atoms with Crippen molar-refractivity contribution in [1.29, 1.82) is 0 Å². The van der Waals surface area contributed by atoms with Gasteiger partial charge in [0.25, 0.3) is 6.71 Å². The average molecular weight is 927 g/mol. The van der Waals surface area contributed by atoms with Gasteiger partial charge in [-0.1, -0.05) is 212 Å². The molecule has 0 spiro atoms. The number of hydrogen-bond acceptors (Lipinski definition) is 2. The minimum atomic E-state index is -0.0574. The Bertz CT molecular complexity index is 3880. The lowest BCUT2D eigenvalue weighted by atomic mass is 9.34. The van der Waals surface area contributed by atoms with Gasteiger partial charge in [-0.05, 0) is 132 Å². The van der Waals surface area contributed by atoms with E-state index in [-0.39, 0.29) is 6.71 Å². The second-order valence-electron chi connectivity index (χ2n) is 19.2. The Kier molecular flexibility index (Phi) is 9.33. The normalized spacial score (nSPS) is 12.1. The zero-order chi connectivity index (χ0) is 48.0. The SMILES string of the molecule is c1ccc(-c2cc(-c3ccccc3)c(-c3nc4cccc5c4n3-c3cccc4c3B5c3cccc5nc(-c6c(-c7ccccc7)cc(-c7ccccc7)cc6-c6ccccc6)n-4c35)c(-c3ccccc3)c2)cc1. The van der Waals surface area contributed by atoms with E-state index in [2.05, 4.69) is 270 Å². The van der Waals surface area contributed by atoms with E-state index in [1.165, 1.54) is 27.5 Å². The molecular formula is C68H43BN4. The first kappa shape index (κ1) is 41.2. The molecule has 73 heavy (non-hydrogen) atoms. The van der Waals surface area contributed by atoms with Gasteiger partial charge in [-0.25, -0.2) is 9.97 Å². The van der Waals surface area contributed by atoms with Crippen LogP contribution in [0.3, 0.4) is 0 Å². The zero-order valence-corrected chi connectivity index (χ0v) is 39.7. The fraction of sp³-hybridized carbons (Fsp3) is 0. The zero-order valence-electron chi connectivity index (χ0n) is 39.7. The van der Waals surface area contributed by atoms with E-state index in [1.807, 2.05) is 0 Å². The van der Waals surface area contributed by atoms with Crippen LogP contribution in [0.15, 0.2) is 261 Å². The molecule has 2 aromatic heterocycles. The lowest BCUT2D eigenvalue weighted by Gasteiger charge is -2.33. The van der Waals surface area contributed by atoms with E-state index in [0.29, 0.717) is 0 Å². The van der Waals surface area contributed by atoms with Crippen LogP contribution >= 0.6 is 0 Å². The molecule has 0 atom stereocenters. The highest BCUT2D eigenvalue weighted by Crippen LogP contribution is 2.48. The van der Waals surface area contributed by atoms with E-state index in [9.17, 15) is 0 Å². The number of fused-ring (bicyclic) bond motifs is 4. The van der Waals surface area contributed by atoms with Gasteiger partial charge < -0.3 is 0 Å². The largest absolute Gasteiger partial charge is 0.293 e. The third-order valence-corrected chi connectivity index (χ3v) is 15.1. The Hall–Kier alpha value is -9.58. The fourth-order valence-electron chi connectivity index (χ4n) is 12.0. The van der Waals surface area contributed by atoms with Gasteiger partial charge in [0.1, 0.15) is 11.6 Å². The van der Waals surface area contributed by atoms with Crippen LogP contribution in [0.4, 0.5) is 0 Å². The third-order valence-electron chi connectivity index (χ3n) is 15.1. The van der Waals surface area contributed by atoms with Crippen LogP contribution in [0.2, 0.25) is 0 Å². The predicted octanol–water partition coefficient (Wildman–Crippen LogP) is 14.8. The molecule has 0 fully saturated rings. The van der Waals surface area contributed by atoms with Gasteiger partial charge in [-0.15, -0.1) is 0 Å². The summed E-state index contributed by atoms with van der Waals surface area (Å²) < 4.78 is 4.97. The molecule has 11 aromatic carbocycles. The van der Waals surface area contributed by atoms with Gasteiger partial charge in [0.2, 0.25) is 0 Å². The van der Waals surface area contributed by atoms with Crippen molar-refractivity contribution in [3.63, 3.8) is 0 Å². The monoisotopic (exact) mass is 926 g/mol. The second-order valence-corrected chi connectivity index (χ2v) is 19.2. The highest BCUT2D eigenvalue weighted by atomic mass is 15.1. The summed E-state index contributed by atoms with van der Waals surface area (Å²) >= 11 is 0. The molecule has 0 radical (unpaired) electrons. The van der Waals surface area contributed by atoms with Crippen molar-refractivity contribution in [1.82, 2.24) is 19.1 Å². The number of aromatic nitrogens is 4. The fourth-order valence-corrected chi connectivity index (χ4v) is 12.0. The number of rotatable bonds is 8. The molecular weight excluding hydrogens is 884 g/mol. The van der Waals surface area contributed by atoms with Crippen molar-refractivity contribution >= 4 is 45.2 Å². The Morgan fingerprint density at radius 2 is 0.575 bits per heavy atom. The molecule has 2 aliphatic rings. The summed E-state index contributed by atoms with van der Waals surface area (Å²) in [6.45, 7) is -0.0574. The average Bonchev–Trinajstić information content (AvgIpc) is 4.06. The molecule has 0 unspecified atom stereocenters. The Labute approximate surface area is 423 Å². The highest BCUT2D eigenvalue weighted by molar-refractivity contribution is 7.00. The number of para-hydroxylation sites is 2. The van der Waals surface area contributed by atoms with Crippen molar-refractivity contribution in [2.24, 2.45) is 0 Å². The van der Waals surface area contributed by atoms with Crippen LogP contribution in [0, 0.1) is 0 Å². The van der Waals surface area contributed by atoms with Crippen LogP contribution in [-0.2, 0) is 0 Å². The van der Waals surface area contributed by atoms with E-state index in [4.69, 9.17) is 9.97 Å². The lowest BCUT2D eigenvalue weighted by molar-refractivity contribution is 1.07. The minimum Gasteiger partial charge on any atom is -0.293 e. The van der Waals surface area contributed by atoms with Crippen molar-refractivity contribution in [2.75, 3.05) is 0 Å². The van der Waals surface area contributed by atoms with Crippen molar-refractivity contribution < 1.29 is 0 Å². The number of imidazole rings is 2. The quantitative estimate of drug-likeness (QED) is 0.142. The Morgan fingerprint density at radius 1 is 0.274 bits per heavy atom. The highest BCUT2D eigenvalue weighted by Gasteiger charge is 2.42. The first-order chi connectivity index (χ1) is 36.2. The maximum Gasteiger partial charge on any atom is 0.252 e. The molecule has 5 heteroatoms. The van der Waals surface area contributed by atoms with Crippen LogP contribution in [0.1, 0.15) is 0 Å². The lowest BCUT2D eigenvalue weighted by Crippen LogP contribution is -2.59. The standard InChI is InChI=1S/C68H43BN4/c1-7-22-44(23-8-1)50-40-52(46-26-11-3-12-27-46)62(53(41-50)47-28-13-4-14-29-47)67-70-58-36-19-34-56-65(58)72(67)60-38-21-39-61-64(60)69(56)57-35-20-37-59-66(57)73(61)68(71-59)63-54(48-30-15-5-16-31-48)42-51(45-24-9-2-10-25-45)43-55(63)49-32-17-6-18-33-49/h1-43H. The molecule has 0 aliphatic carbocycles. The van der Waals surface area contributed by atoms with Crippen LogP contribution in [0.5, 0.6) is 0 Å². The molecule has 0 saturated carbocycles. The molecule has 0 amide bonds. The summed E-state index contributed by atoms with van der Waals surface area (Å²) in [4.78, 5) is 11.5. The summed E-state index contributed by atoms with van der Waals surface area (Å²) in [5, 5.41) is 0. The molecule has 0 saturated heterocycles. The van der Waals surface area contributed by atoms with Crippen molar-refractivity contribution in [3.8, 4) is 101 Å². The van der Waals surface area contributed by atoms with Gasteiger partial charge >= 0.3 is 0 Å².